The van der Waals surface area contributed by atoms with Gasteiger partial charge in [0.1, 0.15) is 0 Å². The SMILES string of the molecule is COCCCNc1n[nH]c(=S)s1. The summed E-state index contributed by atoms with van der Waals surface area (Å²) in [5.41, 5.74) is 0. The molecule has 0 aromatic carbocycles. The van der Waals surface area contributed by atoms with Gasteiger partial charge < -0.3 is 10.1 Å². The Hall–Kier alpha value is -0.460. The van der Waals surface area contributed by atoms with Gasteiger partial charge in [0.25, 0.3) is 0 Å². The monoisotopic (exact) mass is 205 g/mol. The first kappa shape index (κ1) is 9.63. The Kier molecular flexibility index (Phi) is 4.20. The highest BCUT2D eigenvalue weighted by atomic mass is 32.1. The van der Waals surface area contributed by atoms with Crippen LogP contribution in [0.2, 0.25) is 0 Å². The molecule has 0 saturated heterocycles. The van der Waals surface area contributed by atoms with E-state index < -0.39 is 0 Å². The van der Waals surface area contributed by atoms with Crippen LogP contribution in [0.5, 0.6) is 0 Å². The normalized spacial score (nSPS) is 10.1. The van der Waals surface area contributed by atoms with Crippen molar-refractivity contribution in [2.75, 3.05) is 25.6 Å². The lowest BCUT2D eigenvalue weighted by Crippen LogP contribution is -2.04. The lowest BCUT2D eigenvalue weighted by atomic mass is 10.4. The van der Waals surface area contributed by atoms with E-state index in [1.165, 1.54) is 11.3 Å². The van der Waals surface area contributed by atoms with Crippen LogP contribution in [0.15, 0.2) is 0 Å². The lowest BCUT2D eigenvalue weighted by molar-refractivity contribution is 0.198. The summed E-state index contributed by atoms with van der Waals surface area (Å²) in [6.45, 7) is 1.63. The molecule has 6 heteroatoms. The summed E-state index contributed by atoms with van der Waals surface area (Å²) in [6, 6.07) is 0. The third-order valence-corrected chi connectivity index (χ3v) is 2.29. The minimum absolute atomic E-state index is 0.698. The summed E-state index contributed by atoms with van der Waals surface area (Å²) in [4.78, 5) is 0. The number of nitrogens with zero attached hydrogens (tertiary/aromatic N) is 1. The maximum atomic E-state index is 4.90. The molecule has 4 nitrogen and oxygen atoms in total. The van der Waals surface area contributed by atoms with Gasteiger partial charge in [0.2, 0.25) is 5.13 Å². The zero-order valence-corrected chi connectivity index (χ0v) is 8.43. The highest BCUT2D eigenvalue weighted by Crippen LogP contribution is 2.09. The molecule has 0 aliphatic carbocycles. The van der Waals surface area contributed by atoms with Gasteiger partial charge in [0.05, 0.1) is 0 Å². The highest BCUT2D eigenvalue weighted by Gasteiger charge is 1.94. The van der Waals surface area contributed by atoms with Crippen LogP contribution in [0.25, 0.3) is 0 Å². The van der Waals surface area contributed by atoms with Crippen molar-refractivity contribution in [2.24, 2.45) is 0 Å². The number of ether oxygens (including phenoxy) is 1. The molecule has 0 spiro atoms. The average Bonchev–Trinajstić information content (AvgIpc) is 2.45. The number of hydrogen-bond donors (Lipinski definition) is 2. The van der Waals surface area contributed by atoms with Crippen molar-refractivity contribution in [1.29, 1.82) is 0 Å². The van der Waals surface area contributed by atoms with Crippen LogP contribution in [-0.2, 0) is 4.74 Å². The first-order chi connectivity index (χ1) is 5.83. The van der Waals surface area contributed by atoms with E-state index in [0.29, 0.717) is 3.95 Å². The Morgan fingerprint density at radius 3 is 3.17 bits per heavy atom. The topological polar surface area (TPSA) is 49.9 Å². The van der Waals surface area contributed by atoms with Gasteiger partial charge in [-0.25, -0.2) is 0 Å². The van der Waals surface area contributed by atoms with Gasteiger partial charge in [-0.1, -0.05) is 11.3 Å². The summed E-state index contributed by atoms with van der Waals surface area (Å²) in [7, 11) is 1.69. The van der Waals surface area contributed by atoms with E-state index in [9.17, 15) is 0 Å². The maximum absolute atomic E-state index is 4.90. The fourth-order valence-electron chi connectivity index (χ4n) is 0.717. The van der Waals surface area contributed by atoms with E-state index in [-0.39, 0.29) is 0 Å². The number of hydrogen-bond acceptors (Lipinski definition) is 5. The predicted molar refractivity (Wildman–Crippen MR) is 52.3 cm³/mol. The van der Waals surface area contributed by atoms with Gasteiger partial charge in [-0.05, 0) is 18.6 Å². The number of nitrogens with one attached hydrogen (secondary N) is 2. The molecule has 1 heterocycles. The number of anilines is 1. The summed E-state index contributed by atoms with van der Waals surface area (Å²) < 4.78 is 5.60. The Morgan fingerprint density at radius 2 is 2.58 bits per heavy atom. The average molecular weight is 205 g/mol. The van der Waals surface area contributed by atoms with Crippen molar-refractivity contribution in [2.45, 2.75) is 6.42 Å². The van der Waals surface area contributed by atoms with Crippen molar-refractivity contribution in [3.05, 3.63) is 3.95 Å². The lowest BCUT2D eigenvalue weighted by Gasteiger charge is -1.99. The van der Waals surface area contributed by atoms with Crippen LogP contribution in [0.3, 0.4) is 0 Å². The Morgan fingerprint density at radius 1 is 1.75 bits per heavy atom. The van der Waals surface area contributed by atoms with E-state index in [1.807, 2.05) is 0 Å². The molecule has 1 rings (SSSR count). The molecule has 0 bridgehead atoms. The van der Waals surface area contributed by atoms with Crippen molar-refractivity contribution in [1.82, 2.24) is 10.2 Å². The molecule has 0 radical (unpaired) electrons. The first-order valence-electron chi connectivity index (χ1n) is 3.61. The summed E-state index contributed by atoms with van der Waals surface area (Å²) >= 11 is 6.31. The summed E-state index contributed by atoms with van der Waals surface area (Å²) in [5, 5.41) is 10.6. The summed E-state index contributed by atoms with van der Waals surface area (Å²) in [5.74, 6) is 0. The molecule has 1 aromatic rings. The minimum Gasteiger partial charge on any atom is -0.385 e. The number of aromatic nitrogens is 2. The largest absolute Gasteiger partial charge is 0.385 e. The van der Waals surface area contributed by atoms with Gasteiger partial charge in [-0.15, -0.1) is 5.10 Å². The highest BCUT2D eigenvalue weighted by molar-refractivity contribution is 7.73. The first-order valence-corrected chi connectivity index (χ1v) is 4.83. The Bertz CT molecular complexity index is 270. The molecule has 0 aliphatic rings. The second-order valence-corrected chi connectivity index (χ2v) is 3.86. The zero-order valence-electron chi connectivity index (χ0n) is 6.79. The molecule has 68 valence electrons. The zero-order chi connectivity index (χ0) is 8.81. The fourth-order valence-corrected chi connectivity index (χ4v) is 1.53. The quantitative estimate of drug-likeness (QED) is 0.567. The second-order valence-electron chi connectivity index (χ2n) is 2.19. The predicted octanol–water partition coefficient (Wildman–Crippen LogP) is 1.65. The number of methoxy groups -OCH3 is 1. The van der Waals surface area contributed by atoms with Gasteiger partial charge in [-0.3, -0.25) is 5.10 Å². The van der Waals surface area contributed by atoms with E-state index in [4.69, 9.17) is 17.0 Å². The molecule has 0 unspecified atom stereocenters. The van der Waals surface area contributed by atoms with Gasteiger partial charge in [0, 0.05) is 20.3 Å². The molecule has 0 aliphatic heterocycles. The molecule has 12 heavy (non-hydrogen) atoms. The van der Waals surface area contributed by atoms with Crippen molar-refractivity contribution in [3.63, 3.8) is 0 Å². The fraction of sp³-hybridized carbons (Fsp3) is 0.667. The smallest absolute Gasteiger partial charge is 0.204 e. The second kappa shape index (κ2) is 5.23. The molecule has 0 fully saturated rings. The Labute approximate surface area is 80.0 Å². The van der Waals surface area contributed by atoms with Gasteiger partial charge in [0.15, 0.2) is 3.95 Å². The molecule has 0 amide bonds. The van der Waals surface area contributed by atoms with Crippen LogP contribution in [0.1, 0.15) is 6.42 Å². The van der Waals surface area contributed by atoms with Crippen molar-refractivity contribution >= 4 is 28.7 Å². The molecule has 2 N–H and O–H groups in total. The van der Waals surface area contributed by atoms with Gasteiger partial charge >= 0.3 is 0 Å². The minimum atomic E-state index is 0.698. The number of H-pyrrole nitrogens is 1. The van der Waals surface area contributed by atoms with Crippen LogP contribution in [0.4, 0.5) is 5.13 Å². The van der Waals surface area contributed by atoms with Crippen LogP contribution in [-0.4, -0.2) is 30.5 Å². The van der Waals surface area contributed by atoms with E-state index in [1.54, 1.807) is 7.11 Å². The van der Waals surface area contributed by atoms with Crippen molar-refractivity contribution in [3.8, 4) is 0 Å². The molecular formula is C6H11N3OS2. The number of rotatable bonds is 5. The molecular weight excluding hydrogens is 194 g/mol. The molecule has 0 atom stereocenters. The van der Waals surface area contributed by atoms with Crippen LogP contribution in [0, 0.1) is 3.95 Å². The van der Waals surface area contributed by atoms with E-state index in [0.717, 1.165) is 24.7 Å². The molecule has 1 aromatic heterocycles. The van der Waals surface area contributed by atoms with Crippen molar-refractivity contribution < 1.29 is 4.74 Å². The third kappa shape index (κ3) is 3.29. The standard InChI is InChI=1S/C6H11N3OS2/c1-10-4-2-3-7-5-8-9-6(11)12-5/h2-4H2,1H3,(H,7,8)(H,9,11). The molecule has 0 saturated carbocycles. The summed E-state index contributed by atoms with van der Waals surface area (Å²) in [6.07, 6.45) is 0.975. The van der Waals surface area contributed by atoms with Gasteiger partial charge in [-0.2, -0.15) is 0 Å². The maximum Gasteiger partial charge on any atom is 0.204 e. The Balaban J connectivity index is 2.20. The third-order valence-electron chi connectivity index (χ3n) is 1.24. The van der Waals surface area contributed by atoms with E-state index >= 15 is 0 Å². The van der Waals surface area contributed by atoms with Crippen LogP contribution >= 0.6 is 23.6 Å². The van der Waals surface area contributed by atoms with E-state index in [2.05, 4.69) is 15.5 Å². The van der Waals surface area contributed by atoms with Crippen LogP contribution < -0.4 is 5.32 Å². The number of aromatic amines is 1.